The Bertz CT molecular complexity index is 1170. The Morgan fingerprint density at radius 3 is 2.65 bits per heavy atom. The summed E-state index contributed by atoms with van der Waals surface area (Å²) >= 11 is 0. The van der Waals surface area contributed by atoms with E-state index in [4.69, 9.17) is 0 Å². The maximum absolute atomic E-state index is 12.2. The van der Waals surface area contributed by atoms with Gasteiger partial charge in [-0.15, -0.1) is 0 Å². The number of benzene rings is 1. The fraction of sp³-hybridized carbons (Fsp3) is 0.318. The van der Waals surface area contributed by atoms with Gasteiger partial charge in [0.05, 0.1) is 22.8 Å². The van der Waals surface area contributed by atoms with Crippen LogP contribution < -0.4 is 10.6 Å². The molecule has 0 unspecified atom stereocenters. The number of fused-ring (bicyclic) bond motifs is 3. The molecule has 0 radical (unpaired) electrons. The SMILES string of the molecule is CC(C)CC(=O)Nc1ccccc1Nc1ncc2c(n1)-c1c(c(C(=O)O)nn1C)CC2. The quantitative estimate of drug-likeness (QED) is 0.558. The Morgan fingerprint density at radius 1 is 1.19 bits per heavy atom. The molecule has 0 atom stereocenters. The van der Waals surface area contributed by atoms with E-state index in [0.717, 1.165) is 5.56 Å². The molecule has 0 spiro atoms. The standard InChI is InChI=1S/C22H24N6O3/c1-12(2)10-17(29)24-15-6-4-5-7-16(15)25-22-23-11-13-8-9-14-19(21(30)31)27-28(3)20(14)18(13)26-22/h4-7,11-12H,8-10H2,1-3H3,(H,24,29)(H,30,31)(H,23,25,26). The zero-order valence-corrected chi connectivity index (χ0v) is 17.6. The summed E-state index contributed by atoms with van der Waals surface area (Å²) in [5.41, 5.74) is 4.38. The minimum Gasteiger partial charge on any atom is -0.476 e. The molecule has 1 aliphatic rings. The number of amides is 1. The Hall–Kier alpha value is -3.75. The number of carboxylic acids is 1. The summed E-state index contributed by atoms with van der Waals surface area (Å²) in [6.07, 6.45) is 3.41. The van der Waals surface area contributed by atoms with E-state index in [1.165, 1.54) is 0 Å². The number of aryl methyl sites for hydroxylation is 2. The molecule has 3 aromatic rings. The average Bonchev–Trinajstić information content (AvgIpc) is 3.06. The Balaban J connectivity index is 1.65. The van der Waals surface area contributed by atoms with Gasteiger partial charge in [0.25, 0.3) is 0 Å². The summed E-state index contributed by atoms with van der Waals surface area (Å²) in [6, 6.07) is 7.36. The van der Waals surface area contributed by atoms with Crippen LogP contribution >= 0.6 is 0 Å². The van der Waals surface area contributed by atoms with E-state index >= 15 is 0 Å². The molecule has 0 aliphatic heterocycles. The van der Waals surface area contributed by atoms with Crippen molar-refractivity contribution in [2.45, 2.75) is 33.1 Å². The highest BCUT2D eigenvalue weighted by Gasteiger charge is 2.28. The largest absolute Gasteiger partial charge is 0.476 e. The van der Waals surface area contributed by atoms with E-state index < -0.39 is 5.97 Å². The van der Waals surface area contributed by atoms with Crippen molar-refractivity contribution in [3.8, 4) is 11.4 Å². The van der Waals surface area contributed by atoms with Crippen molar-refractivity contribution < 1.29 is 14.7 Å². The smallest absolute Gasteiger partial charge is 0.356 e. The first-order valence-corrected chi connectivity index (χ1v) is 10.1. The minimum atomic E-state index is -1.04. The molecule has 1 aromatic carbocycles. The van der Waals surface area contributed by atoms with Crippen LogP contribution in [0.5, 0.6) is 0 Å². The molecule has 2 heterocycles. The van der Waals surface area contributed by atoms with Crippen molar-refractivity contribution in [2.24, 2.45) is 13.0 Å². The third kappa shape index (κ3) is 4.11. The molecule has 0 bridgehead atoms. The number of anilines is 3. The van der Waals surface area contributed by atoms with Gasteiger partial charge in [-0.05, 0) is 36.5 Å². The summed E-state index contributed by atoms with van der Waals surface area (Å²) in [5, 5.41) is 19.7. The van der Waals surface area contributed by atoms with Crippen LogP contribution in [0.15, 0.2) is 30.5 Å². The summed E-state index contributed by atoms with van der Waals surface area (Å²) < 4.78 is 1.56. The third-order valence-electron chi connectivity index (χ3n) is 5.12. The van der Waals surface area contributed by atoms with Crippen molar-refractivity contribution in [1.29, 1.82) is 0 Å². The molecular formula is C22H24N6O3. The van der Waals surface area contributed by atoms with E-state index in [9.17, 15) is 14.7 Å². The van der Waals surface area contributed by atoms with Crippen molar-refractivity contribution >= 4 is 29.2 Å². The monoisotopic (exact) mass is 420 g/mol. The lowest BCUT2D eigenvalue weighted by Crippen LogP contribution is -2.15. The van der Waals surface area contributed by atoms with Crippen molar-refractivity contribution in [3.63, 3.8) is 0 Å². The summed E-state index contributed by atoms with van der Waals surface area (Å²) in [7, 11) is 1.72. The number of nitrogens with one attached hydrogen (secondary N) is 2. The van der Waals surface area contributed by atoms with E-state index in [1.54, 1.807) is 17.9 Å². The maximum atomic E-state index is 12.2. The van der Waals surface area contributed by atoms with Gasteiger partial charge in [-0.1, -0.05) is 26.0 Å². The molecule has 160 valence electrons. The van der Waals surface area contributed by atoms with E-state index in [-0.39, 0.29) is 17.5 Å². The van der Waals surface area contributed by atoms with Gasteiger partial charge in [0.1, 0.15) is 0 Å². The second-order valence-corrected chi connectivity index (χ2v) is 7.99. The maximum Gasteiger partial charge on any atom is 0.356 e. The van der Waals surface area contributed by atoms with Crippen LogP contribution in [0.3, 0.4) is 0 Å². The molecular weight excluding hydrogens is 396 g/mol. The number of carboxylic acid groups (broad SMARTS) is 1. The summed E-state index contributed by atoms with van der Waals surface area (Å²) in [6.45, 7) is 3.99. The highest BCUT2D eigenvalue weighted by Crippen LogP contribution is 2.34. The summed E-state index contributed by atoms with van der Waals surface area (Å²) in [4.78, 5) is 32.8. The second kappa shape index (κ2) is 8.17. The second-order valence-electron chi connectivity index (χ2n) is 7.99. The molecule has 9 nitrogen and oxygen atoms in total. The predicted octanol–water partition coefficient (Wildman–Crippen LogP) is 3.40. The van der Waals surface area contributed by atoms with Crippen LogP contribution in [0.25, 0.3) is 11.4 Å². The van der Waals surface area contributed by atoms with Gasteiger partial charge < -0.3 is 15.7 Å². The van der Waals surface area contributed by atoms with Crippen LogP contribution in [0, 0.1) is 5.92 Å². The Morgan fingerprint density at radius 2 is 1.94 bits per heavy atom. The summed E-state index contributed by atoms with van der Waals surface area (Å²) in [5.74, 6) is -0.488. The van der Waals surface area contributed by atoms with Crippen LogP contribution in [0.4, 0.5) is 17.3 Å². The zero-order valence-electron chi connectivity index (χ0n) is 17.6. The molecule has 3 N–H and O–H groups in total. The average molecular weight is 420 g/mol. The van der Waals surface area contributed by atoms with E-state index in [1.807, 2.05) is 38.1 Å². The number of aromatic nitrogens is 4. The highest BCUT2D eigenvalue weighted by atomic mass is 16.4. The number of rotatable bonds is 6. The van der Waals surface area contributed by atoms with Gasteiger partial charge in [0, 0.05) is 25.2 Å². The first kappa shape index (κ1) is 20.5. The zero-order chi connectivity index (χ0) is 22.1. The first-order chi connectivity index (χ1) is 14.8. The highest BCUT2D eigenvalue weighted by molar-refractivity contribution is 5.95. The van der Waals surface area contributed by atoms with Crippen molar-refractivity contribution in [2.75, 3.05) is 10.6 Å². The van der Waals surface area contributed by atoms with Crippen LogP contribution in [0.2, 0.25) is 0 Å². The van der Waals surface area contributed by atoms with E-state index in [0.29, 0.717) is 53.5 Å². The molecule has 0 saturated heterocycles. The number of para-hydroxylation sites is 2. The lowest BCUT2D eigenvalue weighted by atomic mass is 9.93. The molecule has 31 heavy (non-hydrogen) atoms. The van der Waals surface area contributed by atoms with Crippen molar-refractivity contribution in [3.05, 3.63) is 47.3 Å². The first-order valence-electron chi connectivity index (χ1n) is 10.1. The normalized spacial score (nSPS) is 12.3. The van der Waals surface area contributed by atoms with Crippen LogP contribution in [-0.2, 0) is 24.7 Å². The van der Waals surface area contributed by atoms with Crippen LogP contribution in [-0.4, -0.2) is 36.7 Å². The minimum absolute atomic E-state index is 0.0589. The molecule has 1 amide bonds. The van der Waals surface area contributed by atoms with Gasteiger partial charge in [0.2, 0.25) is 11.9 Å². The Kier molecular flexibility index (Phi) is 5.41. The number of carbonyl (C=O) groups excluding carboxylic acids is 1. The number of hydrogen-bond acceptors (Lipinski definition) is 6. The Labute approximate surface area is 179 Å². The molecule has 0 fully saturated rings. The predicted molar refractivity (Wildman–Crippen MR) is 116 cm³/mol. The lowest BCUT2D eigenvalue weighted by molar-refractivity contribution is -0.116. The molecule has 4 rings (SSSR count). The van der Waals surface area contributed by atoms with Gasteiger partial charge in [-0.3, -0.25) is 9.48 Å². The third-order valence-corrected chi connectivity index (χ3v) is 5.12. The molecule has 9 heteroatoms. The van der Waals surface area contributed by atoms with E-state index in [2.05, 4.69) is 25.7 Å². The molecule has 2 aromatic heterocycles. The lowest BCUT2D eigenvalue weighted by Gasteiger charge is -2.18. The van der Waals surface area contributed by atoms with Gasteiger partial charge in [-0.25, -0.2) is 14.8 Å². The van der Waals surface area contributed by atoms with Gasteiger partial charge in [0.15, 0.2) is 5.69 Å². The number of carbonyl (C=O) groups is 2. The van der Waals surface area contributed by atoms with Crippen LogP contribution in [0.1, 0.15) is 41.9 Å². The number of nitrogens with zero attached hydrogens (tertiary/aromatic N) is 4. The topological polar surface area (TPSA) is 122 Å². The molecule has 1 aliphatic carbocycles. The van der Waals surface area contributed by atoms with Crippen molar-refractivity contribution in [1.82, 2.24) is 19.7 Å². The molecule has 0 saturated carbocycles. The number of hydrogen-bond donors (Lipinski definition) is 3. The number of aromatic carboxylic acids is 1. The van der Waals surface area contributed by atoms with Gasteiger partial charge >= 0.3 is 5.97 Å². The fourth-order valence-electron chi connectivity index (χ4n) is 3.78. The van der Waals surface area contributed by atoms with Gasteiger partial charge in [-0.2, -0.15) is 5.10 Å². The fourth-order valence-corrected chi connectivity index (χ4v) is 3.78.